The fourth-order valence-corrected chi connectivity index (χ4v) is 4.89. The predicted octanol–water partition coefficient (Wildman–Crippen LogP) is 1.98. The van der Waals surface area contributed by atoms with Gasteiger partial charge in [-0.3, -0.25) is 9.59 Å². The molecule has 0 saturated heterocycles. The lowest BCUT2D eigenvalue weighted by Crippen LogP contribution is -3.11. The molecular weight excluding hydrogens is 391 g/mol. The molecule has 0 fully saturated rings. The predicted molar refractivity (Wildman–Crippen MR) is 111 cm³/mol. The van der Waals surface area contributed by atoms with E-state index in [4.69, 9.17) is 0 Å². The third-order valence-electron chi connectivity index (χ3n) is 4.91. The van der Waals surface area contributed by atoms with Crippen LogP contribution in [0.15, 0.2) is 24.3 Å². The van der Waals surface area contributed by atoms with E-state index in [9.17, 15) is 19.2 Å². The molecule has 152 valence electrons. The Hall–Kier alpha value is -2.76. The van der Waals surface area contributed by atoms with Crippen LogP contribution in [0.2, 0.25) is 0 Å². The number of likely N-dealkylation sites (N-methyl/N-ethyl adjacent to an activating group) is 1. The molecular formula is C21H24FN4O2S+. The number of nitrogens with zero attached hydrogens (tertiary/aromatic N) is 1. The molecule has 2 aromatic rings. The van der Waals surface area contributed by atoms with Crippen molar-refractivity contribution in [3.63, 3.8) is 0 Å². The van der Waals surface area contributed by atoms with Crippen molar-refractivity contribution in [2.75, 3.05) is 30.8 Å². The average molecular weight is 416 g/mol. The molecule has 3 N–H and O–H groups in total. The summed E-state index contributed by atoms with van der Waals surface area (Å²) in [6.45, 7) is 2.34. The number of halogens is 1. The van der Waals surface area contributed by atoms with Crippen molar-refractivity contribution in [2.45, 2.75) is 26.2 Å². The van der Waals surface area contributed by atoms with E-state index in [-0.39, 0.29) is 24.9 Å². The standard InChI is InChI=1S/C21H23FN4O2S/c1-13-6-7-16-17(10-23)21(29-18(16)8-13)25-20(28)12-26(2)11-19(27)24-15-5-3-4-14(22)9-15/h3-5,9,13H,6-8,11-12H2,1-2H3,(H,24,27)(H,25,28)/p+1/t13-/m1/s1. The zero-order chi connectivity index (χ0) is 21.0. The largest absolute Gasteiger partial charge is 0.322 e. The quantitative estimate of drug-likeness (QED) is 0.674. The van der Waals surface area contributed by atoms with Gasteiger partial charge >= 0.3 is 0 Å². The first kappa shape index (κ1) is 21.0. The van der Waals surface area contributed by atoms with Crippen LogP contribution in [0.1, 0.15) is 29.3 Å². The molecule has 29 heavy (non-hydrogen) atoms. The molecule has 0 spiro atoms. The SMILES string of the molecule is C[C@@H]1CCc2c(sc(NC(=O)C[NH+](C)CC(=O)Nc3cccc(F)c3)c2C#N)C1. The summed E-state index contributed by atoms with van der Waals surface area (Å²) in [6, 6.07) is 7.90. The second-order valence-corrected chi connectivity index (χ2v) is 8.69. The van der Waals surface area contributed by atoms with Gasteiger partial charge in [0.15, 0.2) is 13.1 Å². The van der Waals surface area contributed by atoms with Gasteiger partial charge in [-0.05, 0) is 48.9 Å². The number of carbonyl (C=O) groups excluding carboxylic acids is 2. The number of hydrogen-bond acceptors (Lipinski definition) is 4. The van der Waals surface area contributed by atoms with Gasteiger partial charge in [0.1, 0.15) is 16.9 Å². The van der Waals surface area contributed by atoms with Crippen LogP contribution >= 0.6 is 11.3 Å². The third-order valence-corrected chi connectivity index (χ3v) is 6.08. The molecule has 6 nitrogen and oxygen atoms in total. The summed E-state index contributed by atoms with van der Waals surface area (Å²) < 4.78 is 13.2. The van der Waals surface area contributed by atoms with Crippen LogP contribution in [-0.4, -0.2) is 32.0 Å². The summed E-state index contributed by atoms with van der Waals surface area (Å²) in [5.41, 5.74) is 2.03. The highest BCUT2D eigenvalue weighted by molar-refractivity contribution is 7.16. The molecule has 2 amide bonds. The fourth-order valence-electron chi connectivity index (χ4n) is 3.51. The van der Waals surface area contributed by atoms with E-state index in [1.807, 2.05) is 0 Å². The van der Waals surface area contributed by atoms with Crippen LogP contribution in [-0.2, 0) is 22.4 Å². The minimum atomic E-state index is -0.427. The Kier molecular flexibility index (Phi) is 6.62. The first-order chi connectivity index (χ1) is 13.9. The number of rotatable bonds is 6. The Balaban J connectivity index is 1.55. The summed E-state index contributed by atoms with van der Waals surface area (Å²) in [6.07, 6.45) is 2.87. The summed E-state index contributed by atoms with van der Waals surface area (Å²) in [5, 5.41) is 15.6. The van der Waals surface area contributed by atoms with Crippen molar-refractivity contribution in [1.82, 2.24) is 0 Å². The van der Waals surface area contributed by atoms with E-state index < -0.39 is 5.82 Å². The lowest BCUT2D eigenvalue weighted by molar-refractivity contribution is -0.862. The van der Waals surface area contributed by atoms with Crippen molar-refractivity contribution in [1.29, 1.82) is 5.26 Å². The van der Waals surface area contributed by atoms with Gasteiger partial charge in [-0.15, -0.1) is 11.3 Å². The highest BCUT2D eigenvalue weighted by Gasteiger charge is 2.25. The number of benzene rings is 1. The van der Waals surface area contributed by atoms with E-state index in [0.717, 1.165) is 24.8 Å². The lowest BCUT2D eigenvalue weighted by atomic mass is 9.89. The Labute approximate surface area is 173 Å². The van der Waals surface area contributed by atoms with Gasteiger partial charge in [-0.25, -0.2) is 4.39 Å². The molecule has 1 aliphatic rings. The van der Waals surface area contributed by atoms with Gasteiger partial charge < -0.3 is 15.5 Å². The Morgan fingerprint density at radius 1 is 1.31 bits per heavy atom. The fraction of sp³-hybridized carbons (Fsp3) is 0.381. The monoisotopic (exact) mass is 415 g/mol. The van der Waals surface area contributed by atoms with Gasteiger partial charge in [0.25, 0.3) is 11.8 Å². The number of nitriles is 1. The van der Waals surface area contributed by atoms with Gasteiger partial charge in [0.05, 0.1) is 12.6 Å². The van der Waals surface area contributed by atoms with Crippen LogP contribution in [0.25, 0.3) is 0 Å². The minimum absolute atomic E-state index is 0.0630. The van der Waals surface area contributed by atoms with E-state index in [1.165, 1.54) is 34.4 Å². The number of hydrogen-bond donors (Lipinski definition) is 3. The number of nitrogens with one attached hydrogen (secondary N) is 3. The number of fused-ring (bicyclic) bond motifs is 1. The highest BCUT2D eigenvalue weighted by Crippen LogP contribution is 2.39. The third kappa shape index (κ3) is 5.40. The van der Waals surface area contributed by atoms with Crippen LogP contribution in [0, 0.1) is 23.1 Å². The Morgan fingerprint density at radius 3 is 2.72 bits per heavy atom. The van der Waals surface area contributed by atoms with Crippen LogP contribution < -0.4 is 15.5 Å². The minimum Gasteiger partial charge on any atom is -0.322 e. The first-order valence-corrected chi connectivity index (χ1v) is 10.4. The zero-order valence-electron chi connectivity index (χ0n) is 16.5. The van der Waals surface area contributed by atoms with Gasteiger partial charge in [-0.1, -0.05) is 13.0 Å². The molecule has 1 unspecified atom stereocenters. The van der Waals surface area contributed by atoms with Crippen molar-refractivity contribution >= 4 is 33.8 Å². The van der Waals surface area contributed by atoms with E-state index in [1.54, 1.807) is 13.1 Å². The Morgan fingerprint density at radius 2 is 2.03 bits per heavy atom. The van der Waals surface area contributed by atoms with Crippen LogP contribution in [0.4, 0.5) is 15.1 Å². The molecule has 1 aromatic carbocycles. The summed E-state index contributed by atoms with van der Waals surface area (Å²) in [4.78, 5) is 26.4. The normalized spacial score (nSPS) is 16.4. The number of quaternary nitrogens is 1. The molecule has 1 heterocycles. The smallest absolute Gasteiger partial charge is 0.280 e. The number of thiophene rings is 1. The van der Waals surface area contributed by atoms with E-state index in [2.05, 4.69) is 23.6 Å². The molecule has 0 radical (unpaired) electrons. The molecule has 0 bridgehead atoms. The Bertz CT molecular complexity index is 966. The lowest BCUT2D eigenvalue weighted by Gasteiger charge is -2.17. The van der Waals surface area contributed by atoms with Crippen LogP contribution in [0.3, 0.4) is 0 Å². The second-order valence-electron chi connectivity index (χ2n) is 7.59. The molecule has 0 aliphatic heterocycles. The first-order valence-electron chi connectivity index (χ1n) is 9.57. The van der Waals surface area contributed by atoms with Gasteiger partial charge in [-0.2, -0.15) is 5.26 Å². The van der Waals surface area contributed by atoms with Crippen molar-refractivity contribution in [2.24, 2.45) is 5.92 Å². The van der Waals surface area contributed by atoms with Crippen LogP contribution in [0.5, 0.6) is 0 Å². The van der Waals surface area contributed by atoms with Crippen molar-refractivity contribution < 1.29 is 18.9 Å². The summed E-state index contributed by atoms with van der Waals surface area (Å²) >= 11 is 1.48. The highest BCUT2D eigenvalue weighted by atomic mass is 32.1. The van der Waals surface area contributed by atoms with E-state index >= 15 is 0 Å². The molecule has 1 aliphatic carbocycles. The van der Waals surface area contributed by atoms with Gasteiger partial charge in [0.2, 0.25) is 0 Å². The number of amides is 2. The maximum Gasteiger partial charge on any atom is 0.280 e. The van der Waals surface area contributed by atoms with Crippen molar-refractivity contribution in [3.8, 4) is 6.07 Å². The maximum atomic E-state index is 13.2. The second kappa shape index (κ2) is 9.16. The maximum absolute atomic E-state index is 13.2. The summed E-state index contributed by atoms with van der Waals surface area (Å²) in [7, 11) is 1.73. The van der Waals surface area contributed by atoms with E-state index in [0.29, 0.717) is 27.1 Å². The number of carbonyl (C=O) groups is 2. The van der Waals surface area contributed by atoms with Crippen molar-refractivity contribution in [3.05, 3.63) is 46.1 Å². The molecule has 8 heteroatoms. The number of anilines is 2. The van der Waals surface area contributed by atoms with Gasteiger partial charge in [0, 0.05) is 10.6 Å². The molecule has 2 atom stereocenters. The zero-order valence-corrected chi connectivity index (χ0v) is 17.3. The molecule has 3 rings (SSSR count). The average Bonchev–Trinajstić information content (AvgIpc) is 2.96. The molecule has 1 aromatic heterocycles. The summed E-state index contributed by atoms with van der Waals surface area (Å²) in [5.74, 6) is -0.393. The topological polar surface area (TPSA) is 86.4 Å². The molecule has 0 saturated carbocycles.